The molecule has 0 atom stereocenters. The van der Waals surface area contributed by atoms with E-state index in [9.17, 15) is 5.11 Å². The highest BCUT2D eigenvalue weighted by molar-refractivity contribution is 5.98. The Morgan fingerprint density at radius 3 is 2.70 bits per heavy atom. The molecular weight excluding hydrogens is 298 g/mol. The lowest BCUT2D eigenvalue weighted by molar-refractivity contribution is -0.456. The first-order valence-electron chi connectivity index (χ1n) is 7.15. The van der Waals surface area contributed by atoms with Crippen LogP contribution in [0.15, 0.2) is 27.9 Å². The molecule has 6 N–H and O–H groups in total. The number of nitrogens with two attached hydrogens (primary N) is 2. The molecule has 0 spiro atoms. The molecule has 23 heavy (non-hydrogen) atoms. The number of nitrogens with zero attached hydrogens (tertiary/aromatic N) is 4. The Bertz CT molecular complexity index is 720. The Hall–Kier alpha value is -3.10. The number of benzene rings is 1. The monoisotopic (exact) mass is 318 g/mol. The average molecular weight is 318 g/mol. The van der Waals surface area contributed by atoms with Crippen molar-refractivity contribution in [1.29, 1.82) is 0 Å². The number of phenolic OH excluding ortho intramolecular Hbond substituents is 1. The van der Waals surface area contributed by atoms with E-state index in [2.05, 4.69) is 43.9 Å². The highest BCUT2D eigenvalue weighted by Gasteiger charge is 2.12. The summed E-state index contributed by atoms with van der Waals surface area (Å²) in [5.41, 5.74) is 12.9. The second-order valence-corrected chi connectivity index (χ2v) is 4.68. The van der Waals surface area contributed by atoms with E-state index >= 15 is 0 Å². The van der Waals surface area contributed by atoms with Gasteiger partial charge in [0.25, 0.3) is 0 Å². The Balaban J connectivity index is 2.15. The Kier molecular flexibility index (Phi) is 5.13. The Labute approximate surface area is 133 Å². The number of rotatable bonds is 6. The van der Waals surface area contributed by atoms with Crippen molar-refractivity contribution in [2.45, 2.75) is 13.8 Å². The van der Waals surface area contributed by atoms with Crippen molar-refractivity contribution in [2.24, 2.45) is 10.8 Å². The molecule has 1 aromatic carbocycles. The number of nitrogens with one attached hydrogen (secondary N) is 1. The van der Waals surface area contributed by atoms with Crippen LogP contribution in [0.25, 0.3) is 0 Å². The summed E-state index contributed by atoms with van der Waals surface area (Å²) in [6.45, 7) is 5.85. The summed E-state index contributed by atoms with van der Waals surface area (Å²) < 4.78 is 4.44. The number of hydrogen-bond donors (Lipinski definition) is 4. The van der Waals surface area contributed by atoms with Gasteiger partial charge in [-0.25, -0.2) is 4.63 Å². The predicted octanol–water partition coefficient (Wildman–Crippen LogP) is -0.976. The minimum atomic E-state index is 0.0271. The van der Waals surface area contributed by atoms with Crippen molar-refractivity contribution in [3.8, 4) is 5.75 Å². The van der Waals surface area contributed by atoms with Crippen molar-refractivity contribution >= 4 is 23.6 Å². The van der Waals surface area contributed by atoms with Crippen LogP contribution in [-0.2, 0) is 0 Å². The Morgan fingerprint density at radius 1 is 1.39 bits per heavy atom. The van der Waals surface area contributed by atoms with Crippen LogP contribution in [0.2, 0.25) is 0 Å². The SMILES string of the molecule is CCN(CC)c1ccc(C=[NH+]N=C(N)c2nonc2N)c(O)c1. The lowest BCUT2D eigenvalue weighted by atomic mass is 10.2. The van der Waals surface area contributed by atoms with Gasteiger partial charge >= 0.3 is 0 Å². The van der Waals surface area contributed by atoms with Crippen molar-refractivity contribution in [3.05, 3.63) is 29.5 Å². The number of phenols is 1. The van der Waals surface area contributed by atoms with Crippen molar-refractivity contribution < 1.29 is 14.8 Å². The summed E-state index contributed by atoms with van der Waals surface area (Å²) in [7, 11) is 0. The second kappa shape index (κ2) is 7.25. The quantitative estimate of drug-likeness (QED) is 0.305. The van der Waals surface area contributed by atoms with Gasteiger partial charge in [0.1, 0.15) is 5.75 Å². The maximum Gasteiger partial charge on any atom is 0.224 e. The van der Waals surface area contributed by atoms with E-state index in [1.54, 1.807) is 12.1 Å². The molecule has 122 valence electrons. The zero-order valence-corrected chi connectivity index (χ0v) is 13.0. The van der Waals surface area contributed by atoms with Crippen LogP contribution in [0.1, 0.15) is 25.1 Å². The fourth-order valence-corrected chi connectivity index (χ4v) is 2.04. The van der Waals surface area contributed by atoms with Gasteiger partial charge in [0.05, 0.1) is 5.56 Å². The lowest BCUT2D eigenvalue weighted by Crippen LogP contribution is -2.63. The van der Waals surface area contributed by atoms with Crippen LogP contribution in [0.3, 0.4) is 0 Å². The molecule has 0 saturated heterocycles. The maximum atomic E-state index is 10.1. The van der Waals surface area contributed by atoms with Crippen LogP contribution in [0, 0.1) is 0 Å². The maximum absolute atomic E-state index is 10.1. The third-order valence-corrected chi connectivity index (χ3v) is 3.30. The van der Waals surface area contributed by atoms with Crippen LogP contribution in [0.4, 0.5) is 11.5 Å². The Morgan fingerprint density at radius 2 is 2.13 bits per heavy atom. The van der Waals surface area contributed by atoms with Crippen LogP contribution in [-0.4, -0.2) is 40.6 Å². The molecule has 9 nitrogen and oxygen atoms in total. The average Bonchev–Trinajstić information content (AvgIpc) is 2.96. The van der Waals surface area contributed by atoms with Crippen LogP contribution < -0.4 is 21.5 Å². The molecule has 0 aliphatic carbocycles. The van der Waals surface area contributed by atoms with Crippen molar-refractivity contribution in [3.63, 3.8) is 0 Å². The van der Waals surface area contributed by atoms with Crippen molar-refractivity contribution in [1.82, 2.24) is 10.3 Å². The largest absolute Gasteiger partial charge is 0.507 e. The third kappa shape index (κ3) is 3.76. The van der Waals surface area contributed by atoms with E-state index in [-0.39, 0.29) is 23.1 Å². The molecular formula is C14H20N7O2+. The molecule has 2 rings (SSSR count). The number of amidine groups is 1. The first-order chi connectivity index (χ1) is 11.1. The fourth-order valence-electron chi connectivity index (χ4n) is 2.04. The smallest absolute Gasteiger partial charge is 0.224 e. The molecule has 0 radical (unpaired) electrons. The van der Waals surface area contributed by atoms with Gasteiger partial charge in [0.15, 0.2) is 11.5 Å². The van der Waals surface area contributed by atoms with Gasteiger partial charge in [-0.15, -0.1) is 5.10 Å². The molecule has 0 aliphatic rings. The van der Waals surface area contributed by atoms with E-state index in [1.165, 1.54) is 6.21 Å². The van der Waals surface area contributed by atoms with Gasteiger partial charge < -0.3 is 21.5 Å². The number of aromatic hydroxyl groups is 1. The van der Waals surface area contributed by atoms with E-state index < -0.39 is 0 Å². The first-order valence-corrected chi connectivity index (χ1v) is 7.15. The van der Waals surface area contributed by atoms with Gasteiger partial charge in [-0.05, 0) is 36.3 Å². The number of aromatic nitrogens is 2. The predicted molar refractivity (Wildman–Crippen MR) is 87.2 cm³/mol. The minimum Gasteiger partial charge on any atom is -0.507 e. The molecule has 0 saturated carbocycles. The fraction of sp³-hybridized carbons (Fsp3) is 0.286. The topological polar surface area (TPSA) is 141 Å². The number of hydrazone groups is 1. The molecule has 2 aromatic rings. The molecule has 0 bridgehead atoms. The number of anilines is 2. The summed E-state index contributed by atoms with van der Waals surface area (Å²) in [5, 5.41) is 23.5. The first kappa shape index (κ1) is 16.3. The number of nitrogen functional groups attached to an aromatic ring is 1. The standard InChI is InChI=1S/C14H19N7O2/c1-3-21(4-2)10-6-5-9(11(22)7-10)8-17-18-13(15)12-14(16)20-23-19-12/h5-8,22H,3-4H2,1-2H3,(H2,15,18)(H2,16,20)/p+1. The highest BCUT2D eigenvalue weighted by atomic mass is 16.6. The zero-order valence-electron chi connectivity index (χ0n) is 13.0. The normalized spacial score (nSPS) is 12.0. The summed E-state index contributed by atoms with van der Waals surface area (Å²) in [4.78, 5) is 2.13. The van der Waals surface area contributed by atoms with E-state index in [0.29, 0.717) is 5.56 Å². The van der Waals surface area contributed by atoms with Gasteiger partial charge in [-0.3, -0.25) is 0 Å². The van der Waals surface area contributed by atoms with Gasteiger partial charge in [0.2, 0.25) is 12.1 Å². The van der Waals surface area contributed by atoms with Crippen molar-refractivity contribution in [2.75, 3.05) is 23.7 Å². The van der Waals surface area contributed by atoms with Gasteiger partial charge in [-0.1, -0.05) is 0 Å². The molecule has 1 heterocycles. The third-order valence-electron chi connectivity index (χ3n) is 3.30. The summed E-state index contributed by atoms with van der Waals surface area (Å²) in [6, 6.07) is 5.41. The van der Waals surface area contributed by atoms with Crippen LogP contribution >= 0.6 is 0 Å². The molecule has 1 aromatic heterocycles. The molecule has 0 fully saturated rings. The molecule has 0 unspecified atom stereocenters. The molecule has 0 aliphatic heterocycles. The lowest BCUT2D eigenvalue weighted by Gasteiger charge is -2.21. The summed E-state index contributed by atoms with van der Waals surface area (Å²) in [5.74, 6) is 0.219. The van der Waals surface area contributed by atoms with Gasteiger partial charge in [-0.2, -0.15) is 0 Å². The minimum absolute atomic E-state index is 0.0271. The van der Waals surface area contributed by atoms with Crippen LogP contribution in [0.5, 0.6) is 5.75 Å². The second-order valence-electron chi connectivity index (χ2n) is 4.68. The summed E-state index contributed by atoms with van der Waals surface area (Å²) in [6.07, 6.45) is 1.51. The zero-order chi connectivity index (χ0) is 16.8. The molecule has 9 heteroatoms. The summed E-state index contributed by atoms with van der Waals surface area (Å²) >= 11 is 0. The highest BCUT2D eigenvalue weighted by Crippen LogP contribution is 2.23. The van der Waals surface area contributed by atoms with E-state index in [0.717, 1.165) is 18.8 Å². The molecule has 0 amide bonds. The number of hydrogen-bond acceptors (Lipinski definition) is 7. The van der Waals surface area contributed by atoms with Gasteiger partial charge in [0, 0.05) is 29.9 Å². The van der Waals surface area contributed by atoms with E-state index in [1.807, 2.05) is 6.07 Å². The van der Waals surface area contributed by atoms with E-state index in [4.69, 9.17) is 11.5 Å².